The molecule has 2 N–H and O–H groups in total. The second-order valence-corrected chi connectivity index (χ2v) is 3.78. The second-order valence-electron chi connectivity index (χ2n) is 3.78. The summed E-state index contributed by atoms with van der Waals surface area (Å²) >= 11 is 0. The van der Waals surface area contributed by atoms with Crippen molar-refractivity contribution in [1.82, 2.24) is 0 Å². The van der Waals surface area contributed by atoms with Gasteiger partial charge in [-0.1, -0.05) is 18.6 Å². The quantitative estimate of drug-likeness (QED) is 0.557. The molecule has 0 radical (unpaired) electrons. The molecular weight excluding hydrogens is 152 g/mol. The molecule has 0 aromatic carbocycles. The number of ether oxygens (including phenoxy) is 1. The summed E-state index contributed by atoms with van der Waals surface area (Å²) in [6.07, 6.45) is 5.05. The Balaban J connectivity index is 0.00000121. The molecule has 2 atom stereocenters. The van der Waals surface area contributed by atoms with Crippen molar-refractivity contribution in [2.24, 2.45) is 5.92 Å². The molecule has 1 aliphatic heterocycles. The van der Waals surface area contributed by atoms with Crippen molar-refractivity contribution in [2.75, 3.05) is 6.61 Å². The monoisotopic (exact) mass is 172 g/mol. The fourth-order valence-electron chi connectivity index (χ4n) is 1.49. The second kappa shape index (κ2) is 5.33. The van der Waals surface area contributed by atoms with Crippen LogP contribution in [-0.4, -0.2) is 18.2 Å². The molecule has 2 unspecified atom stereocenters. The first-order chi connectivity index (χ1) is 5.18. The Morgan fingerprint density at radius 1 is 1.42 bits per heavy atom. The topological polar surface area (TPSA) is 40.7 Å². The van der Waals surface area contributed by atoms with Crippen LogP contribution in [0, 0.1) is 5.92 Å². The number of hydrogen-bond donors (Lipinski definition) is 0. The lowest BCUT2D eigenvalue weighted by Crippen LogP contribution is -2.22. The average molecular weight is 172 g/mol. The zero-order chi connectivity index (χ0) is 8.27. The van der Waals surface area contributed by atoms with Crippen molar-refractivity contribution in [1.29, 1.82) is 0 Å². The van der Waals surface area contributed by atoms with Gasteiger partial charge in [0.15, 0.2) is 0 Å². The van der Waals surface area contributed by atoms with Crippen LogP contribution in [0.15, 0.2) is 11.6 Å². The summed E-state index contributed by atoms with van der Waals surface area (Å²) in [5.74, 6) is 0.837. The van der Waals surface area contributed by atoms with E-state index in [0.717, 1.165) is 12.5 Å². The summed E-state index contributed by atoms with van der Waals surface area (Å²) in [6.45, 7) is 7.50. The average Bonchev–Trinajstić information content (AvgIpc) is 1.85. The van der Waals surface area contributed by atoms with E-state index in [4.69, 9.17) is 4.74 Å². The molecule has 0 aromatic rings. The van der Waals surface area contributed by atoms with E-state index in [1.165, 1.54) is 18.4 Å². The third kappa shape index (κ3) is 3.88. The summed E-state index contributed by atoms with van der Waals surface area (Å²) in [7, 11) is 0. The Labute approximate surface area is 74.9 Å². The van der Waals surface area contributed by atoms with Crippen LogP contribution in [0.5, 0.6) is 0 Å². The Kier molecular flexibility index (Phi) is 5.18. The van der Waals surface area contributed by atoms with Gasteiger partial charge in [0.25, 0.3) is 0 Å². The summed E-state index contributed by atoms with van der Waals surface area (Å²) in [4.78, 5) is 0. The molecule has 0 aromatic heterocycles. The summed E-state index contributed by atoms with van der Waals surface area (Å²) in [5.41, 5.74) is 1.36. The molecule has 2 heteroatoms. The summed E-state index contributed by atoms with van der Waals surface area (Å²) < 4.78 is 5.58. The fraction of sp³-hybridized carbons (Fsp3) is 0.800. The molecule has 1 saturated heterocycles. The van der Waals surface area contributed by atoms with Crippen molar-refractivity contribution in [3.8, 4) is 0 Å². The largest absolute Gasteiger partial charge is 0.412 e. The highest BCUT2D eigenvalue weighted by Gasteiger charge is 2.16. The van der Waals surface area contributed by atoms with Crippen LogP contribution in [0.25, 0.3) is 0 Å². The van der Waals surface area contributed by atoms with Crippen molar-refractivity contribution in [3.05, 3.63) is 11.6 Å². The Morgan fingerprint density at radius 3 is 2.58 bits per heavy atom. The predicted octanol–water partition coefficient (Wildman–Crippen LogP) is 1.94. The van der Waals surface area contributed by atoms with Gasteiger partial charge in [-0.05, 0) is 32.6 Å². The lowest BCUT2D eigenvalue weighted by molar-refractivity contribution is 0.0235. The van der Waals surface area contributed by atoms with Gasteiger partial charge in [-0.15, -0.1) is 0 Å². The first-order valence-corrected chi connectivity index (χ1v) is 4.45. The van der Waals surface area contributed by atoms with Crippen LogP contribution in [0.3, 0.4) is 0 Å². The molecule has 0 spiro atoms. The van der Waals surface area contributed by atoms with Crippen LogP contribution in [-0.2, 0) is 4.74 Å². The summed E-state index contributed by atoms with van der Waals surface area (Å²) in [5, 5.41) is 0. The highest BCUT2D eigenvalue weighted by molar-refractivity contribution is 4.99. The van der Waals surface area contributed by atoms with Gasteiger partial charge < -0.3 is 10.2 Å². The first kappa shape index (κ1) is 11.7. The lowest BCUT2D eigenvalue weighted by atomic mass is 9.97. The van der Waals surface area contributed by atoms with Crippen molar-refractivity contribution in [3.63, 3.8) is 0 Å². The fourth-order valence-corrected chi connectivity index (χ4v) is 1.49. The minimum atomic E-state index is 0. The number of allylic oxidation sites excluding steroid dienone is 1. The zero-order valence-electron chi connectivity index (χ0n) is 8.26. The highest BCUT2D eigenvalue weighted by Crippen LogP contribution is 2.20. The van der Waals surface area contributed by atoms with E-state index in [0.29, 0.717) is 6.10 Å². The molecule has 1 rings (SSSR count). The third-order valence-electron chi connectivity index (χ3n) is 2.10. The molecule has 0 saturated carbocycles. The molecule has 2 nitrogen and oxygen atoms in total. The molecule has 72 valence electrons. The van der Waals surface area contributed by atoms with Gasteiger partial charge in [0.2, 0.25) is 0 Å². The van der Waals surface area contributed by atoms with E-state index in [9.17, 15) is 0 Å². The molecule has 0 bridgehead atoms. The third-order valence-corrected chi connectivity index (χ3v) is 2.10. The number of hydrogen-bond acceptors (Lipinski definition) is 1. The molecule has 1 aliphatic rings. The van der Waals surface area contributed by atoms with Crippen molar-refractivity contribution < 1.29 is 10.2 Å². The Morgan fingerprint density at radius 2 is 2.08 bits per heavy atom. The Hall–Kier alpha value is -0.340. The van der Waals surface area contributed by atoms with Crippen LogP contribution in [0.4, 0.5) is 0 Å². The smallest absolute Gasteiger partial charge is 0.0760 e. The van der Waals surface area contributed by atoms with Crippen LogP contribution >= 0.6 is 0 Å². The van der Waals surface area contributed by atoms with Gasteiger partial charge in [-0.2, -0.15) is 0 Å². The normalized spacial score (nSPS) is 28.9. The van der Waals surface area contributed by atoms with Gasteiger partial charge in [0.1, 0.15) is 0 Å². The minimum Gasteiger partial charge on any atom is -0.412 e. The van der Waals surface area contributed by atoms with E-state index in [1.807, 2.05) is 0 Å². The van der Waals surface area contributed by atoms with Crippen LogP contribution in [0.2, 0.25) is 0 Å². The summed E-state index contributed by atoms with van der Waals surface area (Å²) in [6, 6.07) is 0. The van der Waals surface area contributed by atoms with E-state index in [1.54, 1.807) is 0 Å². The van der Waals surface area contributed by atoms with E-state index in [-0.39, 0.29) is 5.48 Å². The van der Waals surface area contributed by atoms with Gasteiger partial charge in [-0.25, -0.2) is 0 Å². The van der Waals surface area contributed by atoms with Gasteiger partial charge in [0, 0.05) is 6.61 Å². The minimum absolute atomic E-state index is 0. The SMILES string of the molecule is CC(C)=CC1CC(C)CCO1.O. The first-order valence-electron chi connectivity index (χ1n) is 4.45. The molecular formula is C10H20O2. The van der Waals surface area contributed by atoms with Crippen LogP contribution < -0.4 is 0 Å². The number of rotatable bonds is 1. The van der Waals surface area contributed by atoms with E-state index < -0.39 is 0 Å². The maximum atomic E-state index is 5.58. The van der Waals surface area contributed by atoms with E-state index >= 15 is 0 Å². The highest BCUT2D eigenvalue weighted by atomic mass is 16.5. The zero-order valence-corrected chi connectivity index (χ0v) is 8.26. The van der Waals surface area contributed by atoms with Crippen molar-refractivity contribution >= 4 is 0 Å². The van der Waals surface area contributed by atoms with E-state index in [2.05, 4.69) is 26.8 Å². The maximum absolute atomic E-state index is 5.58. The predicted molar refractivity (Wildman–Crippen MR) is 51.2 cm³/mol. The molecule has 0 aliphatic carbocycles. The van der Waals surface area contributed by atoms with Crippen LogP contribution in [0.1, 0.15) is 33.6 Å². The lowest BCUT2D eigenvalue weighted by Gasteiger charge is -2.25. The molecule has 1 heterocycles. The maximum Gasteiger partial charge on any atom is 0.0760 e. The standard InChI is InChI=1S/C10H18O.H2O/c1-8(2)6-10-7-9(3)4-5-11-10;/h6,9-10H,4-5,7H2,1-3H3;1H2. The Bertz CT molecular complexity index is 148. The van der Waals surface area contributed by atoms with Crippen molar-refractivity contribution in [2.45, 2.75) is 39.7 Å². The molecule has 1 fully saturated rings. The van der Waals surface area contributed by atoms with Gasteiger partial charge in [-0.3, -0.25) is 0 Å². The van der Waals surface area contributed by atoms with Gasteiger partial charge in [0.05, 0.1) is 6.10 Å². The molecule has 12 heavy (non-hydrogen) atoms. The van der Waals surface area contributed by atoms with Gasteiger partial charge >= 0.3 is 0 Å². The molecule has 0 amide bonds.